The third kappa shape index (κ3) is 4.29. The van der Waals surface area contributed by atoms with E-state index in [1.165, 1.54) is 4.88 Å². The van der Waals surface area contributed by atoms with Gasteiger partial charge in [0, 0.05) is 15.8 Å². The molecule has 2 aromatic rings. The minimum Gasteiger partial charge on any atom is -0.485 e. The van der Waals surface area contributed by atoms with Crippen molar-refractivity contribution in [2.75, 3.05) is 6.54 Å². The molecule has 1 unspecified atom stereocenters. The number of thiophene rings is 1. The topological polar surface area (TPSA) is 21.3 Å². The molecule has 2 rings (SSSR count). The van der Waals surface area contributed by atoms with Crippen LogP contribution in [0.4, 0.5) is 4.39 Å². The highest BCUT2D eigenvalue weighted by Gasteiger charge is 2.10. The number of ether oxygens (including phenoxy) is 1. The van der Waals surface area contributed by atoms with Crippen molar-refractivity contribution < 1.29 is 9.13 Å². The summed E-state index contributed by atoms with van der Waals surface area (Å²) in [5.41, 5.74) is 0.936. The van der Waals surface area contributed by atoms with Crippen LogP contribution in [0, 0.1) is 5.82 Å². The first kappa shape index (κ1) is 16.0. The van der Waals surface area contributed by atoms with Gasteiger partial charge in [-0.2, -0.15) is 0 Å². The monoisotopic (exact) mass is 307 g/mol. The molecule has 1 heterocycles. The minimum absolute atomic E-state index is 0.142. The van der Waals surface area contributed by atoms with Crippen LogP contribution in [-0.4, -0.2) is 6.54 Å². The lowest BCUT2D eigenvalue weighted by Gasteiger charge is -2.14. The molecular formula is C17H22FNOS. The van der Waals surface area contributed by atoms with Crippen LogP contribution in [0.15, 0.2) is 30.3 Å². The summed E-state index contributed by atoms with van der Waals surface area (Å²) in [6, 6.07) is 9.46. The van der Waals surface area contributed by atoms with Gasteiger partial charge in [-0.1, -0.05) is 19.9 Å². The molecule has 0 aliphatic rings. The summed E-state index contributed by atoms with van der Waals surface area (Å²) in [7, 11) is 0. The Labute approximate surface area is 130 Å². The minimum atomic E-state index is -0.301. The van der Waals surface area contributed by atoms with Crippen molar-refractivity contribution in [3.05, 3.63) is 51.5 Å². The molecule has 0 aliphatic heterocycles. The second-order valence-corrected chi connectivity index (χ2v) is 6.23. The van der Waals surface area contributed by atoms with Crippen LogP contribution in [0.3, 0.4) is 0 Å². The first-order valence-electron chi connectivity index (χ1n) is 7.37. The third-order valence-electron chi connectivity index (χ3n) is 3.40. The summed E-state index contributed by atoms with van der Waals surface area (Å²) in [6.45, 7) is 7.47. The lowest BCUT2D eigenvalue weighted by Crippen LogP contribution is -2.17. The molecule has 1 aromatic carbocycles. The number of hydrogen-bond acceptors (Lipinski definition) is 3. The Bertz CT molecular complexity index is 582. The molecule has 21 heavy (non-hydrogen) atoms. The normalized spacial score (nSPS) is 12.4. The second-order valence-electron chi connectivity index (χ2n) is 4.98. The Kier molecular flexibility index (Phi) is 5.76. The van der Waals surface area contributed by atoms with Crippen LogP contribution >= 0.6 is 11.3 Å². The van der Waals surface area contributed by atoms with E-state index in [-0.39, 0.29) is 11.9 Å². The number of rotatable bonds is 7. The predicted molar refractivity (Wildman–Crippen MR) is 86.5 cm³/mol. The van der Waals surface area contributed by atoms with Crippen LogP contribution in [-0.2, 0) is 13.0 Å². The standard InChI is InChI=1S/C17H22FNOS/c1-4-14-7-8-15(21-14)11-20-17-9-6-13(10-16(17)18)12(3)19-5-2/h6-10,12,19H,4-5,11H2,1-3H3. The van der Waals surface area contributed by atoms with Crippen LogP contribution < -0.4 is 10.1 Å². The molecule has 2 nitrogen and oxygen atoms in total. The van der Waals surface area contributed by atoms with Gasteiger partial charge in [-0.15, -0.1) is 11.3 Å². The van der Waals surface area contributed by atoms with Gasteiger partial charge in [-0.05, 0) is 49.7 Å². The molecule has 1 aromatic heterocycles. The van der Waals surface area contributed by atoms with E-state index < -0.39 is 0 Å². The lowest BCUT2D eigenvalue weighted by molar-refractivity contribution is 0.293. The highest BCUT2D eigenvalue weighted by atomic mass is 32.1. The van der Waals surface area contributed by atoms with E-state index in [9.17, 15) is 4.39 Å². The summed E-state index contributed by atoms with van der Waals surface area (Å²) in [6.07, 6.45) is 1.02. The fraction of sp³-hybridized carbons (Fsp3) is 0.412. The number of aryl methyl sites for hydroxylation is 1. The summed E-state index contributed by atoms with van der Waals surface area (Å²) in [5, 5.41) is 3.27. The van der Waals surface area contributed by atoms with Gasteiger partial charge in [0.1, 0.15) is 6.61 Å². The maximum absolute atomic E-state index is 14.1. The highest BCUT2D eigenvalue weighted by Crippen LogP contribution is 2.24. The molecule has 0 spiro atoms. The quantitative estimate of drug-likeness (QED) is 0.800. The second kappa shape index (κ2) is 7.57. The van der Waals surface area contributed by atoms with Crippen LogP contribution in [0.25, 0.3) is 0 Å². The zero-order chi connectivity index (χ0) is 15.2. The highest BCUT2D eigenvalue weighted by molar-refractivity contribution is 7.11. The number of halogens is 1. The van der Waals surface area contributed by atoms with E-state index in [2.05, 4.69) is 18.3 Å². The largest absolute Gasteiger partial charge is 0.485 e. The molecule has 0 aliphatic carbocycles. The van der Waals surface area contributed by atoms with Gasteiger partial charge in [0.15, 0.2) is 11.6 Å². The van der Waals surface area contributed by atoms with Gasteiger partial charge >= 0.3 is 0 Å². The Morgan fingerprint density at radius 2 is 1.95 bits per heavy atom. The maximum atomic E-state index is 14.1. The average Bonchev–Trinajstić information content (AvgIpc) is 2.94. The van der Waals surface area contributed by atoms with Crippen LogP contribution in [0.5, 0.6) is 5.75 Å². The van der Waals surface area contributed by atoms with E-state index >= 15 is 0 Å². The van der Waals surface area contributed by atoms with Gasteiger partial charge in [-0.3, -0.25) is 0 Å². The van der Waals surface area contributed by atoms with Crippen molar-refractivity contribution in [3.63, 3.8) is 0 Å². The van der Waals surface area contributed by atoms with Gasteiger partial charge < -0.3 is 10.1 Å². The molecule has 0 amide bonds. The zero-order valence-corrected chi connectivity index (χ0v) is 13.6. The Morgan fingerprint density at radius 3 is 2.57 bits per heavy atom. The predicted octanol–water partition coefficient (Wildman–Crippen LogP) is 4.70. The van der Waals surface area contributed by atoms with Gasteiger partial charge in [0.25, 0.3) is 0 Å². The van der Waals surface area contributed by atoms with E-state index in [0.29, 0.717) is 12.4 Å². The van der Waals surface area contributed by atoms with E-state index in [0.717, 1.165) is 23.4 Å². The summed E-state index contributed by atoms with van der Waals surface area (Å²) < 4.78 is 19.7. The molecule has 4 heteroatoms. The van der Waals surface area contributed by atoms with Crippen molar-refractivity contribution >= 4 is 11.3 Å². The van der Waals surface area contributed by atoms with Crippen molar-refractivity contribution in [1.29, 1.82) is 0 Å². The molecule has 1 atom stereocenters. The molecule has 1 N–H and O–H groups in total. The summed E-state index contributed by atoms with van der Waals surface area (Å²) >= 11 is 1.72. The van der Waals surface area contributed by atoms with Crippen LogP contribution in [0.2, 0.25) is 0 Å². The smallest absolute Gasteiger partial charge is 0.165 e. The number of nitrogens with one attached hydrogen (secondary N) is 1. The Morgan fingerprint density at radius 1 is 1.19 bits per heavy atom. The molecule has 0 saturated carbocycles. The fourth-order valence-corrected chi connectivity index (χ4v) is 3.04. The molecule has 0 saturated heterocycles. The summed E-state index contributed by atoms with van der Waals surface area (Å²) in [5.74, 6) is 0.0124. The number of hydrogen-bond donors (Lipinski definition) is 1. The van der Waals surface area contributed by atoms with Gasteiger partial charge in [-0.25, -0.2) is 4.39 Å². The first-order chi connectivity index (χ1) is 10.1. The Balaban J connectivity index is 2.00. The van der Waals surface area contributed by atoms with Gasteiger partial charge in [0.2, 0.25) is 0 Å². The third-order valence-corrected chi connectivity index (χ3v) is 4.61. The molecular weight excluding hydrogens is 285 g/mol. The van der Waals surface area contributed by atoms with Crippen molar-refractivity contribution in [3.8, 4) is 5.75 Å². The van der Waals surface area contributed by atoms with E-state index in [1.807, 2.05) is 26.0 Å². The van der Waals surface area contributed by atoms with Crippen molar-refractivity contribution in [2.45, 2.75) is 39.8 Å². The zero-order valence-electron chi connectivity index (χ0n) is 12.8. The summed E-state index contributed by atoms with van der Waals surface area (Å²) in [4.78, 5) is 2.44. The Hall–Kier alpha value is -1.39. The molecule has 0 fully saturated rings. The average molecular weight is 307 g/mol. The SMILES string of the molecule is CCNC(C)c1ccc(OCc2ccc(CC)s2)c(F)c1. The van der Waals surface area contributed by atoms with E-state index in [1.54, 1.807) is 23.5 Å². The van der Waals surface area contributed by atoms with Gasteiger partial charge in [0.05, 0.1) is 0 Å². The number of benzene rings is 1. The molecule has 114 valence electrons. The first-order valence-corrected chi connectivity index (χ1v) is 8.18. The van der Waals surface area contributed by atoms with Crippen molar-refractivity contribution in [1.82, 2.24) is 5.32 Å². The molecule has 0 bridgehead atoms. The fourth-order valence-electron chi connectivity index (χ4n) is 2.17. The molecule has 0 radical (unpaired) electrons. The maximum Gasteiger partial charge on any atom is 0.165 e. The van der Waals surface area contributed by atoms with E-state index in [4.69, 9.17) is 4.74 Å². The van der Waals surface area contributed by atoms with Crippen molar-refractivity contribution in [2.24, 2.45) is 0 Å². The lowest BCUT2D eigenvalue weighted by atomic mass is 10.1. The van der Waals surface area contributed by atoms with Crippen LogP contribution in [0.1, 0.15) is 42.1 Å².